The molecule has 0 radical (unpaired) electrons. The van der Waals surface area contributed by atoms with E-state index in [0.717, 1.165) is 31.7 Å². The van der Waals surface area contributed by atoms with Crippen LogP contribution in [0.1, 0.15) is 25.1 Å². The molecule has 0 aliphatic rings. The largest absolute Gasteiger partial charge is 0.395 e. The van der Waals surface area contributed by atoms with E-state index in [9.17, 15) is 4.39 Å². The summed E-state index contributed by atoms with van der Waals surface area (Å²) in [4.78, 5) is 6.30. The molecule has 1 aromatic rings. The minimum absolute atomic E-state index is 0.0827. The molecule has 0 spiro atoms. The summed E-state index contributed by atoms with van der Waals surface area (Å²) in [6, 6.07) is 3.23. The Morgan fingerprint density at radius 1 is 1.38 bits per heavy atom. The molecule has 6 heteroatoms. The first-order chi connectivity index (χ1) is 10.2. The Labute approximate surface area is 126 Å². The van der Waals surface area contributed by atoms with Gasteiger partial charge in [0, 0.05) is 26.7 Å². The Morgan fingerprint density at radius 2 is 2.19 bits per heavy atom. The molecule has 0 bridgehead atoms. The predicted molar refractivity (Wildman–Crippen MR) is 80.6 cm³/mol. The molecule has 2 N–H and O–H groups in total. The Bertz CT molecular complexity index is 376. The van der Waals surface area contributed by atoms with Crippen molar-refractivity contribution in [1.29, 1.82) is 0 Å². The number of rotatable bonds is 11. The van der Waals surface area contributed by atoms with Crippen LogP contribution in [0.5, 0.6) is 0 Å². The number of hydrogen-bond donors (Lipinski definition) is 2. The minimum atomic E-state index is -0.323. The third-order valence-electron chi connectivity index (χ3n) is 3.32. The lowest BCUT2D eigenvalue weighted by Gasteiger charge is -2.24. The van der Waals surface area contributed by atoms with Crippen molar-refractivity contribution < 1.29 is 14.2 Å². The van der Waals surface area contributed by atoms with Gasteiger partial charge in [-0.2, -0.15) is 0 Å². The summed E-state index contributed by atoms with van der Waals surface area (Å²) in [6.07, 6.45) is 2.09. The van der Waals surface area contributed by atoms with Crippen molar-refractivity contribution in [2.45, 2.75) is 19.4 Å². The van der Waals surface area contributed by atoms with E-state index in [4.69, 9.17) is 9.84 Å². The molecule has 1 unspecified atom stereocenters. The maximum absolute atomic E-state index is 13.0. The summed E-state index contributed by atoms with van der Waals surface area (Å²) in [5, 5.41) is 12.5. The monoisotopic (exact) mass is 299 g/mol. The maximum Gasteiger partial charge on any atom is 0.141 e. The van der Waals surface area contributed by atoms with Gasteiger partial charge in [0.2, 0.25) is 0 Å². The molecule has 5 nitrogen and oxygen atoms in total. The number of aliphatic hydroxyl groups is 1. The van der Waals surface area contributed by atoms with Crippen molar-refractivity contribution in [1.82, 2.24) is 15.2 Å². The van der Waals surface area contributed by atoms with Crippen molar-refractivity contribution in [2.75, 3.05) is 46.5 Å². The van der Waals surface area contributed by atoms with Crippen molar-refractivity contribution in [3.63, 3.8) is 0 Å². The van der Waals surface area contributed by atoms with Crippen LogP contribution >= 0.6 is 0 Å². The molecule has 0 aromatic carbocycles. The maximum atomic E-state index is 13.0. The van der Waals surface area contributed by atoms with Gasteiger partial charge in [0.1, 0.15) is 5.82 Å². The molecular weight excluding hydrogens is 273 g/mol. The average molecular weight is 299 g/mol. The molecule has 0 aliphatic heterocycles. The highest BCUT2D eigenvalue weighted by molar-refractivity contribution is 5.10. The van der Waals surface area contributed by atoms with Gasteiger partial charge in [0.05, 0.1) is 31.1 Å². The number of pyridine rings is 1. The number of ether oxygens (including phenoxy) is 1. The van der Waals surface area contributed by atoms with Gasteiger partial charge in [-0.05, 0) is 25.1 Å². The standard InChI is InChI=1S/C15H26FN3O2/c1-3-17-15(14-5-4-13(16)12-18-14)6-7-19(8-10-20)9-11-21-2/h4-5,12,15,17,20H,3,6-11H2,1-2H3. The summed E-state index contributed by atoms with van der Waals surface area (Å²) in [5.74, 6) is -0.323. The number of methoxy groups -OCH3 is 1. The number of nitrogens with one attached hydrogen (secondary N) is 1. The second-order valence-electron chi connectivity index (χ2n) is 4.86. The fraction of sp³-hybridized carbons (Fsp3) is 0.667. The fourth-order valence-corrected chi connectivity index (χ4v) is 2.20. The van der Waals surface area contributed by atoms with Crippen molar-refractivity contribution in [3.05, 3.63) is 29.8 Å². The average Bonchev–Trinajstić information content (AvgIpc) is 2.49. The lowest BCUT2D eigenvalue weighted by molar-refractivity contribution is 0.127. The van der Waals surface area contributed by atoms with Gasteiger partial charge in [-0.15, -0.1) is 0 Å². The lowest BCUT2D eigenvalue weighted by Crippen LogP contribution is -2.34. The second-order valence-corrected chi connectivity index (χ2v) is 4.86. The van der Waals surface area contributed by atoms with Crippen LogP contribution in [0.2, 0.25) is 0 Å². The Kier molecular flexibility index (Phi) is 9.09. The third-order valence-corrected chi connectivity index (χ3v) is 3.32. The summed E-state index contributed by atoms with van der Waals surface area (Å²) < 4.78 is 18.0. The number of nitrogens with zero attached hydrogens (tertiary/aromatic N) is 2. The van der Waals surface area contributed by atoms with Crippen LogP contribution in [-0.4, -0.2) is 61.5 Å². The first-order valence-electron chi connectivity index (χ1n) is 7.38. The van der Waals surface area contributed by atoms with Gasteiger partial charge < -0.3 is 15.2 Å². The van der Waals surface area contributed by atoms with Crippen LogP contribution in [-0.2, 0) is 4.74 Å². The molecule has 1 heterocycles. The minimum Gasteiger partial charge on any atom is -0.395 e. The summed E-state index contributed by atoms with van der Waals surface area (Å²) in [6.45, 7) is 5.85. The van der Waals surface area contributed by atoms with Crippen molar-refractivity contribution >= 4 is 0 Å². The SMILES string of the molecule is CCNC(CCN(CCO)CCOC)c1ccc(F)cn1. The van der Waals surface area contributed by atoms with Crippen molar-refractivity contribution in [2.24, 2.45) is 0 Å². The molecule has 0 aliphatic carbocycles. The number of aromatic nitrogens is 1. The predicted octanol–water partition coefficient (Wildman–Crippen LogP) is 1.20. The van der Waals surface area contributed by atoms with Gasteiger partial charge in [-0.3, -0.25) is 9.88 Å². The molecule has 21 heavy (non-hydrogen) atoms. The molecule has 1 atom stereocenters. The van der Waals surface area contributed by atoms with E-state index in [0.29, 0.717) is 13.2 Å². The summed E-state index contributed by atoms with van der Waals surface area (Å²) in [7, 11) is 1.67. The van der Waals surface area contributed by atoms with Gasteiger partial charge in [-0.25, -0.2) is 4.39 Å². The topological polar surface area (TPSA) is 57.6 Å². The Hall–Kier alpha value is -1.08. The lowest BCUT2D eigenvalue weighted by atomic mass is 10.1. The third kappa shape index (κ3) is 6.95. The molecule has 120 valence electrons. The zero-order valence-corrected chi connectivity index (χ0v) is 12.9. The first-order valence-corrected chi connectivity index (χ1v) is 7.38. The number of aliphatic hydroxyl groups excluding tert-OH is 1. The van der Waals surface area contributed by atoms with Crippen LogP contribution in [0.3, 0.4) is 0 Å². The van der Waals surface area contributed by atoms with E-state index in [2.05, 4.69) is 15.2 Å². The normalized spacial score (nSPS) is 12.8. The second kappa shape index (κ2) is 10.6. The van der Waals surface area contributed by atoms with Gasteiger partial charge >= 0.3 is 0 Å². The Balaban J connectivity index is 2.57. The first kappa shape index (κ1) is 18.0. The quantitative estimate of drug-likeness (QED) is 0.643. The highest BCUT2D eigenvalue weighted by atomic mass is 19.1. The molecule has 0 saturated heterocycles. The smallest absolute Gasteiger partial charge is 0.141 e. The summed E-state index contributed by atoms with van der Waals surface area (Å²) >= 11 is 0. The van der Waals surface area contributed by atoms with E-state index >= 15 is 0 Å². The molecule has 1 aromatic heterocycles. The van der Waals surface area contributed by atoms with Crippen LogP contribution in [0, 0.1) is 5.82 Å². The molecule has 1 rings (SSSR count). The van der Waals surface area contributed by atoms with Gasteiger partial charge in [0.25, 0.3) is 0 Å². The molecule has 0 amide bonds. The molecule has 0 saturated carbocycles. The van der Waals surface area contributed by atoms with Gasteiger partial charge in [-0.1, -0.05) is 6.92 Å². The van der Waals surface area contributed by atoms with E-state index in [-0.39, 0.29) is 18.5 Å². The van der Waals surface area contributed by atoms with E-state index in [1.807, 2.05) is 6.92 Å². The van der Waals surface area contributed by atoms with E-state index in [1.165, 1.54) is 12.3 Å². The zero-order valence-electron chi connectivity index (χ0n) is 12.9. The van der Waals surface area contributed by atoms with E-state index in [1.54, 1.807) is 13.2 Å². The molecule has 0 fully saturated rings. The Morgan fingerprint density at radius 3 is 2.76 bits per heavy atom. The van der Waals surface area contributed by atoms with Crippen LogP contribution in [0.25, 0.3) is 0 Å². The number of halogens is 1. The van der Waals surface area contributed by atoms with E-state index < -0.39 is 0 Å². The molecular formula is C15H26FN3O2. The van der Waals surface area contributed by atoms with Crippen molar-refractivity contribution in [3.8, 4) is 0 Å². The highest BCUT2D eigenvalue weighted by Gasteiger charge is 2.14. The van der Waals surface area contributed by atoms with Crippen LogP contribution in [0.15, 0.2) is 18.3 Å². The summed E-state index contributed by atoms with van der Waals surface area (Å²) in [5.41, 5.74) is 0.842. The highest BCUT2D eigenvalue weighted by Crippen LogP contribution is 2.15. The van der Waals surface area contributed by atoms with Crippen LogP contribution < -0.4 is 5.32 Å². The zero-order chi connectivity index (χ0) is 15.5. The number of hydrogen-bond acceptors (Lipinski definition) is 5. The van der Waals surface area contributed by atoms with Gasteiger partial charge in [0.15, 0.2) is 0 Å². The fourth-order valence-electron chi connectivity index (χ4n) is 2.20. The van der Waals surface area contributed by atoms with Crippen LogP contribution in [0.4, 0.5) is 4.39 Å².